The number of benzene rings is 10. The number of para-hydroxylation sites is 3. The van der Waals surface area contributed by atoms with E-state index in [1.807, 2.05) is 0 Å². The van der Waals surface area contributed by atoms with Crippen LogP contribution in [0.5, 0.6) is 0 Å². The quantitative estimate of drug-likeness (QED) is 0.169. The number of fused-ring (bicyclic) bond motifs is 12. The first-order valence-electron chi connectivity index (χ1n) is 21.2. The predicted octanol–water partition coefficient (Wildman–Crippen LogP) is 15.4. The zero-order chi connectivity index (χ0) is 40.1. The molecule has 61 heavy (non-hydrogen) atoms. The summed E-state index contributed by atoms with van der Waals surface area (Å²) in [6, 6.07) is 85.4. The Hall–Kier alpha value is -7.94. The van der Waals surface area contributed by atoms with Gasteiger partial charge >= 0.3 is 0 Å². The maximum Gasteiger partial charge on any atom is 0.0726 e. The van der Waals surface area contributed by atoms with E-state index in [0.29, 0.717) is 0 Å². The molecule has 284 valence electrons. The second kappa shape index (κ2) is 13.0. The predicted molar refractivity (Wildman–Crippen MR) is 255 cm³/mol. The van der Waals surface area contributed by atoms with E-state index >= 15 is 0 Å². The van der Waals surface area contributed by atoms with Crippen LogP contribution in [0.3, 0.4) is 0 Å². The fourth-order valence-electron chi connectivity index (χ4n) is 11.0. The van der Waals surface area contributed by atoms with E-state index in [2.05, 4.69) is 240 Å². The van der Waals surface area contributed by atoms with Gasteiger partial charge in [-0.25, -0.2) is 0 Å². The van der Waals surface area contributed by atoms with Gasteiger partial charge in [-0.2, -0.15) is 0 Å². The van der Waals surface area contributed by atoms with Crippen molar-refractivity contribution in [3.05, 3.63) is 253 Å². The van der Waals surface area contributed by atoms with Crippen molar-refractivity contribution in [2.24, 2.45) is 0 Å². The molecular weight excluding hydrogens is 737 g/mol. The van der Waals surface area contributed by atoms with E-state index < -0.39 is 5.41 Å². The summed E-state index contributed by atoms with van der Waals surface area (Å²) in [6.07, 6.45) is 0. The van der Waals surface area contributed by atoms with Crippen LogP contribution in [0.1, 0.15) is 22.3 Å². The van der Waals surface area contributed by atoms with Gasteiger partial charge in [-0.3, -0.25) is 0 Å². The molecule has 1 unspecified atom stereocenters. The van der Waals surface area contributed by atoms with Gasteiger partial charge in [-0.15, -0.1) is 0 Å². The van der Waals surface area contributed by atoms with Crippen LogP contribution in [-0.2, 0) is 5.41 Å². The minimum absolute atomic E-state index is 0.546. The molecule has 11 aromatic rings. The number of aromatic nitrogens is 1. The summed E-state index contributed by atoms with van der Waals surface area (Å²) < 4.78 is 2.39. The van der Waals surface area contributed by atoms with Gasteiger partial charge in [0.1, 0.15) is 0 Å². The van der Waals surface area contributed by atoms with E-state index in [0.717, 1.165) is 22.7 Å². The van der Waals surface area contributed by atoms with Gasteiger partial charge in [0, 0.05) is 33.5 Å². The summed E-state index contributed by atoms with van der Waals surface area (Å²) in [5.74, 6) is 0. The van der Waals surface area contributed by atoms with Crippen molar-refractivity contribution in [3.8, 4) is 39.1 Å². The lowest BCUT2D eigenvalue weighted by atomic mass is 9.61. The van der Waals surface area contributed by atoms with Crippen molar-refractivity contribution in [2.75, 3.05) is 4.90 Å². The van der Waals surface area contributed by atoms with Crippen LogP contribution in [-0.4, -0.2) is 4.57 Å². The lowest BCUT2D eigenvalue weighted by Gasteiger charge is -2.40. The van der Waals surface area contributed by atoms with Gasteiger partial charge in [0.25, 0.3) is 0 Å². The third-order valence-electron chi connectivity index (χ3n) is 13.4. The Labute approximate surface area is 354 Å². The van der Waals surface area contributed by atoms with Crippen LogP contribution < -0.4 is 4.90 Å². The number of rotatable bonds is 5. The van der Waals surface area contributed by atoms with E-state index in [1.165, 1.54) is 88.2 Å². The molecule has 1 heterocycles. The molecule has 10 aromatic carbocycles. The van der Waals surface area contributed by atoms with Crippen LogP contribution in [0.25, 0.3) is 71.6 Å². The zero-order valence-electron chi connectivity index (χ0n) is 33.3. The van der Waals surface area contributed by atoms with Gasteiger partial charge < -0.3 is 9.47 Å². The number of nitrogens with zero attached hydrogens (tertiary/aromatic N) is 2. The van der Waals surface area contributed by atoms with Crippen molar-refractivity contribution in [2.45, 2.75) is 5.41 Å². The van der Waals surface area contributed by atoms with Crippen molar-refractivity contribution in [3.63, 3.8) is 0 Å². The first-order chi connectivity index (χ1) is 30.3. The summed E-state index contributed by atoms with van der Waals surface area (Å²) in [6.45, 7) is 0. The molecule has 2 heteroatoms. The molecule has 0 saturated heterocycles. The van der Waals surface area contributed by atoms with Crippen LogP contribution in [0.2, 0.25) is 0 Å². The highest BCUT2D eigenvalue weighted by Crippen LogP contribution is 2.63. The van der Waals surface area contributed by atoms with Crippen LogP contribution in [0.4, 0.5) is 17.1 Å². The molecule has 1 aromatic heterocycles. The van der Waals surface area contributed by atoms with Crippen LogP contribution >= 0.6 is 0 Å². The zero-order valence-corrected chi connectivity index (χ0v) is 33.3. The number of anilines is 3. The first-order valence-corrected chi connectivity index (χ1v) is 21.2. The van der Waals surface area contributed by atoms with Crippen molar-refractivity contribution in [1.29, 1.82) is 0 Å². The monoisotopic (exact) mass is 774 g/mol. The highest BCUT2D eigenvalue weighted by atomic mass is 15.1. The average Bonchev–Trinajstić information content (AvgIpc) is 3.82. The fraction of sp³-hybridized carbons (Fsp3) is 0.0169. The first kappa shape index (κ1) is 34.0. The molecule has 0 amide bonds. The van der Waals surface area contributed by atoms with Crippen LogP contribution in [0, 0.1) is 0 Å². The SMILES string of the molecule is c1ccc(-c2ccc3c4c(cccc24)C2(c4ccccc4-c4ccc(N(c5ccccc5)c5ccc6c(c5)c5ccccc5n6-c5ccccc5)cc42)c2ccccc2-3)cc1. The Balaban J connectivity index is 1.09. The van der Waals surface area contributed by atoms with Gasteiger partial charge in [-0.05, 0) is 127 Å². The minimum atomic E-state index is -0.546. The third kappa shape index (κ3) is 4.73. The molecule has 2 nitrogen and oxygen atoms in total. The van der Waals surface area contributed by atoms with E-state index in [1.54, 1.807) is 0 Å². The molecule has 1 atom stereocenters. The van der Waals surface area contributed by atoms with Gasteiger partial charge in [0.05, 0.1) is 16.4 Å². The molecular formula is C59H38N2. The normalized spacial score (nSPS) is 14.6. The second-order valence-corrected chi connectivity index (χ2v) is 16.4. The average molecular weight is 775 g/mol. The molecule has 0 N–H and O–H groups in total. The van der Waals surface area contributed by atoms with Crippen LogP contribution in [0.15, 0.2) is 231 Å². The third-order valence-corrected chi connectivity index (χ3v) is 13.4. The van der Waals surface area contributed by atoms with Gasteiger partial charge in [0.15, 0.2) is 0 Å². The largest absolute Gasteiger partial charge is 0.310 e. The van der Waals surface area contributed by atoms with Gasteiger partial charge in [0.2, 0.25) is 0 Å². The molecule has 2 aliphatic carbocycles. The smallest absolute Gasteiger partial charge is 0.0726 e. The molecule has 1 spiro atoms. The summed E-state index contributed by atoms with van der Waals surface area (Å²) in [7, 11) is 0. The highest BCUT2D eigenvalue weighted by molar-refractivity contribution is 6.13. The molecule has 2 aliphatic rings. The molecule has 0 aliphatic heterocycles. The van der Waals surface area contributed by atoms with Crippen molar-refractivity contribution >= 4 is 49.6 Å². The Kier molecular flexibility index (Phi) is 7.26. The Morgan fingerprint density at radius 2 is 0.852 bits per heavy atom. The van der Waals surface area contributed by atoms with Crippen molar-refractivity contribution < 1.29 is 0 Å². The van der Waals surface area contributed by atoms with Gasteiger partial charge in [-0.1, -0.05) is 170 Å². The van der Waals surface area contributed by atoms with E-state index in [9.17, 15) is 0 Å². The maximum atomic E-state index is 2.50. The Morgan fingerprint density at radius 3 is 1.64 bits per heavy atom. The Morgan fingerprint density at radius 1 is 0.311 bits per heavy atom. The standard InChI is InChI=1S/C59H38N2/c1-4-17-39(18-5-1)44-34-35-50-46-24-11-14-28-53(46)59(54-29-16-26-49(44)58(50)54)52-27-13-10-23-45(52)47-33-31-43(38-55(47)59)60(40-19-6-2-7-20-40)42-32-36-57-51(37-42)48-25-12-15-30-56(48)61(57)41-21-8-3-9-22-41/h1-38H. The van der Waals surface area contributed by atoms with E-state index in [-0.39, 0.29) is 0 Å². The molecule has 0 saturated carbocycles. The highest BCUT2D eigenvalue weighted by Gasteiger charge is 2.50. The second-order valence-electron chi connectivity index (χ2n) is 16.4. The molecule has 0 radical (unpaired) electrons. The number of hydrogen-bond donors (Lipinski definition) is 0. The molecule has 0 fully saturated rings. The summed E-state index contributed by atoms with van der Waals surface area (Å²) in [5, 5.41) is 5.07. The fourth-order valence-corrected chi connectivity index (χ4v) is 11.0. The summed E-state index contributed by atoms with van der Waals surface area (Å²) in [5.41, 5.74) is 19.3. The minimum Gasteiger partial charge on any atom is -0.310 e. The lowest BCUT2D eigenvalue weighted by Crippen LogP contribution is -2.32. The summed E-state index contributed by atoms with van der Waals surface area (Å²) >= 11 is 0. The van der Waals surface area contributed by atoms with E-state index in [4.69, 9.17) is 0 Å². The summed E-state index contributed by atoms with van der Waals surface area (Å²) in [4.78, 5) is 2.45. The van der Waals surface area contributed by atoms with Crippen molar-refractivity contribution in [1.82, 2.24) is 4.57 Å². The Bertz CT molecular complexity index is 3530. The lowest BCUT2D eigenvalue weighted by molar-refractivity contribution is 0.773. The molecule has 13 rings (SSSR count). The topological polar surface area (TPSA) is 8.17 Å². The number of hydrogen-bond acceptors (Lipinski definition) is 1. The maximum absolute atomic E-state index is 2.50. The molecule has 0 bridgehead atoms.